The highest BCUT2D eigenvalue weighted by Crippen LogP contribution is 2.53. The Bertz CT molecular complexity index is 3400. The summed E-state index contributed by atoms with van der Waals surface area (Å²) in [5.74, 6) is 0.696. The van der Waals surface area contributed by atoms with Gasteiger partial charge < -0.3 is 4.57 Å². The average molecular weight is 774 g/mol. The van der Waals surface area contributed by atoms with E-state index < -0.39 is 0 Å². The van der Waals surface area contributed by atoms with Crippen LogP contribution in [0.2, 0.25) is 0 Å². The predicted octanol–water partition coefficient (Wildman–Crippen LogP) is 13.7. The van der Waals surface area contributed by atoms with E-state index in [1.54, 1.807) is 0 Å². The minimum absolute atomic E-state index is 0.327. The molecule has 278 valence electrons. The standard InChI is InChI=1S/C53H35N5S/c1-53(2)43-17-8-6-14-40(43)48-47(53)49(57-52(56-48)36-30-34(32-21-25-54-26-22-32)29-35(31-36)33-23-27-55-28-24-33)42-16-10-15-41-46-45(59-51(41)42)20-19-39-38-13-7-9-18-44(38)58(50(39)46)37-11-4-3-5-12-37/h3-31H,1-2H3. The molecule has 0 radical (unpaired) electrons. The number of aromatic nitrogens is 5. The summed E-state index contributed by atoms with van der Waals surface area (Å²) >= 11 is 1.86. The molecule has 5 heterocycles. The van der Waals surface area contributed by atoms with Crippen LogP contribution in [0.4, 0.5) is 0 Å². The summed E-state index contributed by atoms with van der Waals surface area (Å²) < 4.78 is 4.92. The van der Waals surface area contributed by atoms with Gasteiger partial charge in [-0.25, -0.2) is 9.97 Å². The molecule has 0 aliphatic heterocycles. The average Bonchev–Trinajstić information content (AvgIpc) is 3.92. The number of pyridine rings is 2. The fraction of sp³-hybridized carbons (Fsp3) is 0.0566. The normalized spacial score (nSPS) is 13.1. The van der Waals surface area contributed by atoms with Crippen LogP contribution in [-0.2, 0) is 5.41 Å². The van der Waals surface area contributed by atoms with Crippen LogP contribution >= 0.6 is 11.3 Å². The van der Waals surface area contributed by atoms with Crippen molar-refractivity contribution < 1.29 is 0 Å². The molecule has 0 N–H and O–H groups in total. The van der Waals surface area contributed by atoms with E-state index in [4.69, 9.17) is 9.97 Å². The van der Waals surface area contributed by atoms with Gasteiger partial charge in [-0.2, -0.15) is 0 Å². The van der Waals surface area contributed by atoms with Crippen molar-refractivity contribution in [3.63, 3.8) is 0 Å². The summed E-state index contributed by atoms with van der Waals surface area (Å²) in [6.45, 7) is 4.64. The third-order valence-electron chi connectivity index (χ3n) is 12.2. The van der Waals surface area contributed by atoms with Crippen molar-refractivity contribution in [1.82, 2.24) is 24.5 Å². The molecule has 1 aliphatic rings. The molecule has 59 heavy (non-hydrogen) atoms. The van der Waals surface area contributed by atoms with Crippen LogP contribution in [0.5, 0.6) is 0 Å². The van der Waals surface area contributed by atoms with Crippen LogP contribution in [0, 0.1) is 0 Å². The van der Waals surface area contributed by atoms with Crippen LogP contribution < -0.4 is 0 Å². The molecule has 6 heteroatoms. The number of rotatable bonds is 5. The Labute approximate surface area is 345 Å². The molecule has 1 aliphatic carbocycles. The highest BCUT2D eigenvalue weighted by atomic mass is 32.1. The van der Waals surface area contributed by atoms with E-state index in [1.807, 2.05) is 36.1 Å². The van der Waals surface area contributed by atoms with Gasteiger partial charge in [-0.3, -0.25) is 9.97 Å². The van der Waals surface area contributed by atoms with E-state index in [9.17, 15) is 0 Å². The zero-order valence-corrected chi connectivity index (χ0v) is 33.2. The molecule has 0 saturated carbocycles. The van der Waals surface area contributed by atoms with Crippen molar-refractivity contribution in [2.24, 2.45) is 0 Å². The van der Waals surface area contributed by atoms with Crippen LogP contribution in [0.1, 0.15) is 25.0 Å². The molecule has 0 amide bonds. The fourth-order valence-electron chi connectivity index (χ4n) is 9.49. The smallest absolute Gasteiger partial charge is 0.160 e. The molecule has 0 spiro atoms. The number of hydrogen-bond acceptors (Lipinski definition) is 5. The van der Waals surface area contributed by atoms with E-state index in [0.717, 1.165) is 61.6 Å². The number of para-hydroxylation sites is 2. The Kier molecular flexibility index (Phi) is 7.38. The van der Waals surface area contributed by atoms with Gasteiger partial charge >= 0.3 is 0 Å². The lowest BCUT2D eigenvalue weighted by atomic mass is 9.80. The monoisotopic (exact) mass is 773 g/mol. The third kappa shape index (κ3) is 5.09. The number of thiophene rings is 1. The molecule has 0 unspecified atom stereocenters. The molecule has 0 fully saturated rings. The van der Waals surface area contributed by atoms with Gasteiger partial charge in [-0.05, 0) is 94.5 Å². The maximum Gasteiger partial charge on any atom is 0.160 e. The molecule has 0 bridgehead atoms. The van der Waals surface area contributed by atoms with E-state index >= 15 is 0 Å². The highest BCUT2D eigenvalue weighted by molar-refractivity contribution is 7.26. The highest BCUT2D eigenvalue weighted by Gasteiger charge is 2.40. The Balaban J connectivity index is 1.16. The van der Waals surface area contributed by atoms with Crippen molar-refractivity contribution in [2.45, 2.75) is 19.3 Å². The van der Waals surface area contributed by atoms with Gasteiger partial charge in [0.15, 0.2) is 5.82 Å². The van der Waals surface area contributed by atoms with Gasteiger partial charge in [-0.15, -0.1) is 11.3 Å². The second-order valence-corrected chi connectivity index (χ2v) is 16.9. The zero-order chi connectivity index (χ0) is 39.2. The summed E-state index contributed by atoms with van der Waals surface area (Å²) in [4.78, 5) is 19.8. The summed E-state index contributed by atoms with van der Waals surface area (Å²) in [5.41, 5.74) is 15.2. The summed E-state index contributed by atoms with van der Waals surface area (Å²) in [5, 5.41) is 5.00. The van der Waals surface area contributed by atoms with Crippen LogP contribution in [0.25, 0.3) is 104 Å². The quantitative estimate of drug-likeness (QED) is 0.175. The van der Waals surface area contributed by atoms with Gasteiger partial charge in [-0.1, -0.05) is 98.8 Å². The van der Waals surface area contributed by atoms with E-state index in [-0.39, 0.29) is 5.41 Å². The number of hydrogen-bond donors (Lipinski definition) is 0. The maximum absolute atomic E-state index is 5.68. The van der Waals surface area contributed by atoms with Gasteiger partial charge in [0.25, 0.3) is 0 Å². The number of nitrogens with zero attached hydrogens (tertiary/aromatic N) is 5. The summed E-state index contributed by atoms with van der Waals surface area (Å²) in [6, 6.07) is 54.6. The predicted molar refractivity (Wildman–Crippen MR) is 244 cm³/mol. The maximum atomic E-state index is 5.68. The minimum atomic E-state index is -0.327. The second-order valence-electron chi connectivity index (χ2n) is 15.9. The lowest BCUT2D eigenvalue weighted by Gasteiger charge is -2.24. The van der Waals surface area contributed by atoms with E-state index in [1.165, 1.54) is 47.5 Å². The van der Waals surface area contributed by atoms with Crippen molar-refractivity contribution >= 4 is 53.3 Å². The van der Waals surface area contributed by atoms with E-state index in [2.05, 4.69) is 180 Å². The molecule has 0 saturated heterocycles. The Morgan fingerprint density at radius 2 is 1.12 bits per heavy atom. The molecule has 11 aromatic rings. The fourth-order valence-corrected chi connectivity index (χ4v) is 10.7. The van der Waals surface area contributed by atoms with Gasteiger partial charge in [0, 0.05) is 89.1 Å². The largest absolute Gasteiger partial charge is 0.309 e. The topological polar surface area (TPSA) is 56.5 Å². The molecular weight excluding hydrogens is 739 g/mol. The first-order chi connectivity index (χ1) is 29.0. The molecule has 6 aromatic carbocycles. The molecule has 5 nitrogen and oxygen atoms in total. The zero-order valence-electron chi connectivity index (χ0n) is 32.4. The summed E-state index contributed by atoms with van der Waals surface area (Å²) in [6.07, 6.45) is 7.37. The first-order valence-corrected chi connectivity index (χ1v) is 20.8. The molecule has 0 atom stereocenters. The minimum Gasteiger partial charge on any atom is -0.309 e. The first kappa shape index (κ1) is 33.8. The van der Waals surface area contributed by atoms with Crippen LogP contribution in [0.3, 0.4) is 0 Å². The van der Waals surface area contributed by atoms with Crippen LogP contribution in [0.15, 0.2) is 176 Å². The van der Waals surface area contributed by atoms with Crippen LogP contribution in [-0.4, -0.2) is 24.5 Å². The van der Waals surface area contributed by atoms with Crippen molar-refractivity contribution in [2.75, 3.05) is 0 Å². The SMILES string of the molecule is CC1(C)c2ccccc2-c2nc(-c3cc(-c4ccncc4)cc(-c4ccncc4)c3)nc(-c3cccc4c3sc3ccc5c6ccccc6n(-c6ccccc6)c5c34)c21. The Morgan fingerprint density at radius 3 is 1.86 bits per heavy atom. The van der Waals surface area contributed by atoms with E-state index in [0.29, 0.717) is 5.82 Å². The number of benzene rings is 6. The van der Waals surface area contributed by atoms with Gasteiger partial charge in [0.05, 0.1) is 22.4 Å². The Hall–Kier alpha value is -7.28. The summed E-state index contributed by atoms with van der Waals surface area (Å²) in [7, 11) is 0. The van der Waals surface area contributed by atoms with Crippen molar-refractivity contribution in [3.05, 3.63) is 188 Å². The van der Waals surface area contributed by atoms with Gasteiger partial charge in [0.2, 0.25) is 0 Å². The van der Waals surface area contributed by atoms with Crippen molar-refractivity contribution in [3.8, 4) is 61.8 Å². The lowest BCUT2D eigenvalue weighted by Crippen LogP contribution is -2.17. The lowest BCUT2D eigenvalue weighted by molar-refractivity contribution is 0.658. The third-order valence-corrected chi connectivity index (χ3v) is 13.4. The molecular formula is C53H35N5S. The molecule has 5 aromatic heterocycles. The number of fused-ring (bicyclic) bond motifs is 10. The van der Waals surface area contributed by atoms with Gasteiger partial charge in [0.1, 0.15) is 0 Å². The van der Waals surface area contributed by atoms with Crippen molar-refractivity contribution in [1.29, 1.82) is 0 Å². The molecule has 12 rings (SSSR count). The first-order valence-electron chi connectivity index (χ1n) is 19.9. The Morgan fingerprint density at radius 1 is 0.508 bits per heavy atom. The second kappa shape index (κ2) is 12.9.